The maximum atomic E-state index is 5.04. The van der Waals surface area contributed by atoms with Crippen LogP contribution < -0.4 is 5.32 Å². The Morgan fingerprint density at radius 3 is 2.87 bits per heavy atom. The normalized spacial score (nSPS) is 12.0. The maximum absolute atomic E-state index is 5.04. The summed E-state index contributed by atoms with van der Waals surface area (Å²) in [4.78, 5) is 4.61. The second-order valence-corrected chi connectivity index (χ2v) is 4.97. The first-order valence-electron chi connectivity index (χ1n) is 5.29. The second-order valence-electron chi connectivity index (χ2n) is 4.02. The van der Waals surface area contributed by atoms with Crippen molar-refractivity contribution in [2.45, 2.75) is 32.7 Å². The highest BCUT2D eigenvalue weighted by molar-refractivity contribution is 7.09. The fraction of sp³-hybridized carbons (Fsp3) is 0.727. The van der Waals surface area contributed by atoms with Gasteiger partial charge >= 0.3 is 0 Å². The van der Waals surface area contributed by atoms with Crippen molar-refractivity contribution >= 4 is 11.3 Å². The molecule has 15 heavy (non-hydrogen) atoms. The van der Waals surface area contributed by atoms with E-state index in [-0.39, 0.29) is 5.54 Å². The van der Waals surface area contributed by atoms with Crippen molar-refractivity contribution < 1.29 is 4.74 Å². The van der Waals surface area contributed by atoms with Gasteiger partial charge in [0.25, 0.3) is 0 Å². The third-order valence-corrected chi connectivity index (χ3v) is 3.24. The van der Waals surface area contributed by atoms with Gasteiger partial charge in [-0.15, -0.1) is 11.3 Å². The standard InChI is InChI=1S/C11H20N2OS/c1-5-12-11(2,3)9-8-15-10(13-9)6-7-14-4/h8,12H,5-7H2,1-4H3. The molecule has 0 fully saturated rings. The highest BCUT2D eigenvalue weighted by Gasteiger charge is 2.21. The minimum absolute atomic E-state index is 0.0312. The molecule has 0 unspecified atom stereocenters. The van der Waals surface area contributed by atoms with Gasteiger partial charge in [-0.25, -0.2) is 4.98 Å². The first kappa shape index (κ1) is 12.6. The Bertz CT molecular complexity index is 297. The van der Waals surface area contributed by atoms with Crippen molar-refractivity contribution in [2.24, 2.45) is 0 Å². The molecular weight excluding hydrogens is 208 g/mol. The molecule has 0 radical (unpaired) electrons. The van der Waals surface area contributed by atoms with Crippen LogP contribution >= 0.6 is 11.3 Å². The van der Waals surface area contributed by atoms with Crippen molar-refractivity contribution in [2.75, 3.05) is 20.3 Å². The van der Waals surface area contributed by atoms with Crippen molar-refractivity contribution in [1.29, 1.82) is 0 Å². The molecule has 1 aromatic heterocycles. The molecular formula is C11H20N2OS. The number of aromatic nitrogens is 1. The van der Waals surface area contributed by atoms with Gasteiger partial charge in [0.05, 0.1) is 22.8 Å². The van der Waals surface area contributed by atoms with E-state index < -0.39 is 0 Å². The van der Waals surface area contributed by atoms with Crippen molar-refractivity contribution in [3.63, 3.8) is 0 Å². The maximum Gasteiger partial charge on any atom is 0.0952 e. The van der Waals surface area contributed by atoms with E-state index in [0.29, 0.717) is 0 Å². The van der Waals surface area contributed by atoms with Crippen molar-refractivity contribution in [3.8, 4) is 0 Å². The molecule has 0 saturated heterocycles. The van der Waals surface area contributed by atoms with Crippen molar-refractivity contribution in [3.05, 3.63) is 16.1 Å². The molecule has 0 bridgehead atoms. The minimum atomic E-state index is -0.0312. The van der Waals surface area contributed by atoms with E-state index in [1.54, 1.807) is 18.4 Å². The molecule has 0 aliphatic carbocycles. The number of methoxy groups -OCH3 is 1. The smallest absolute Gasteiger partial charge is 0.0952 e. The lowest BCUT2D eigenvalue weighted by Gasteiger charge is -2.23. The number of rotatable bonds is 6. The molecule has 0 spiro atoms. The largest absolute Gasteiger partial charge is 0.384 e. The summed E-state index contributed by atoms with van der Waals surface area (Å²) >= 11 is 1.71. The highest BCUT2D eigenvalue weighted by Crippen LogP contribution is 2.22. The number of nitrogens with zero attached hydrogens (tertiary/aromatic N) is 1. The summed E-state index contributed by atoms with van der Waals surface area (Å²) in [6.45, 7) is 8.13. The van der Waals surface area contributed by atoms with Crippen LogP contribution in [-0.4, -0.2) is 25.2 Å². The summed E-state index contributed by atoms with van der Waals surface area (Å²) in [5, 5.41) is 6.70. The van der Waals surface area contributed by atoms with E-state index in [4.69, 9.17) is 4.74 Å². The lowest BCUT2D eigenvalue weighted by Crippen LogP contribution is -2.36. The van der Waals surface area contributed by atoms with Gasteiger partial charge in [-0.3, -0.25) is 0 Å². The molecule has 0 amide bonds. The van der Waals surface area contributed by atoms with Crippen LogP contribution in [0.2, 0.25) is 0 Å². The molecule has 1 heterocycles. The Morgan fingerprint density at radius 1 is 1.53 bits per heavy atom. The van der Waals surface area contributed by atoms with E-state index in [0.717, 1.165) is 30.3 Å². The number of nitrogens with one attached hydrogen (secondary N) is 1. The summed E-state index contributed by atoms with van der Waals surface area (Å²) in [5.74, 6) is 0. The molecule has 0 aliphatic heterocycles. The summed E-state index contributed by atoms with van der Waals surface area (Å²) in [6.07, 6.45) is 0.906. The first-order chi connectivity index (χ1) is 7.10. The van der Waals surface area contributed by atoms with Crippen LogP contribution in [0.5, 0.6) is 0 Å². The Labute approximate surface area is 95.9 Å². The lowest BCUT2D eigenvalue weighted by atomic mass is 10.0. The Kier molecular flexibility index (Phi) is 4.70. The third-order valence-electron chi connectivity index (χ3n) is 2.33. The fourth-order valence-corrected chi connectivity index (χ4v) is 2.38. The fourth-order valence-electron chi connectivity index (χ4n) is 1.43. The quantitative estimate of drug-likeness (QED) is 0.810. The van der Waals surface area contributed by atoms with Gasteiger partial charge in [0, 0.05) is 18.9 Å². The van der Waals surface area contributed by atoms with Gasteiger partial charge < -0.3 is 10.1 Å². The summed E-state index contributed by atoms with van der Waals surface area (Å²) in [5.41, 5.74) is 1.09. The molecule has 1 rings (SSSR count). The Hall–Kier alpha value is -0.450. The molecule has 86 valence electrons. The molecule has 4 heteroatoms. The molecule has 3 nitrogen and oxygen atoms in total. The van der Waals surface area contributed by atoms with Gasteiger partial charge in [0.15, 0.2) is 0 Å². The SMILES string of the molecule is CCNC(C)(C)c1csc(CCOC)n1. The number of hydrogen-bond donors (Lipinski definition) is 1. The highest BCUT2D eigenvalue weighted by atomic mass is 32.1. The molecule has 1 N–H and O–H groups in total. The average molecular weight is 228 g/mol. The molecule has 1 aromatic rings. The van der Waals surface area contributed by atoms with E-state index in [2.05, 4.69) is 36.5 Å². The van der Waals surface area contributed by atoms with Crippen LogP contribution in [0.3, 0.4) is 0 Å². The van der Waals surface area contributed by atoms with Crippen LogP contribution in [0, 0.1) is 0 Å². The molecule has 0 atom stereocenters. The van der Waals surface area contributed by atoms with E-state index in [9.17, 15) is 0 Å². The van der Waals surface area contributed by atoms with Gasteiger partial charge in [-0.2, -0.15) is 0 Å². The Balaban J connectivity index is 2.66. The minimum Gasteiger partial charge on any atom is -0.384 e. The van der Waals surface area contributed by atoms with E-state index in [1.807, 2.05) is 0 Å². The Morgan fingerprint density at radius 2 is 2.27 bits per heavy atom. The summed E-state index contributed by atoms with van der Waals surface area (Å²) < 4.78 is 5.04. The lowest BCUT2D eigenvalue weighted by molar-refractivity contribution is 0.202. The topological polar surface area (TPSA) is 34.1 Å². The number of hydrogen-bond acceptors (Lipinski definition) is 4. The predicted molar refractivity (Wildman–Crippen MR) is 64.4 cm³/mol. The molecule has 0 aliphatic rings. The van der Waals surface area contributed by atoms with Gasteiger partial charge in [0.1, 0.15) is 0 Å². The zero-order valence-corrected chi connectivity index (χ0v) is 10.8. The van der Waals surface area contributed by atoms with Gasteiger partial charge in [-0.05, 0) is 20.4 Å². The molecule has 0 saturated carbocycles. The zero-order valence-electron chi connectivity index (χ0n) is 9.96. The third kappa shape index (κ3) is 3.55. The second kappa shape index (κ2) is 5.58. The van der Waals surface area contributed by atoms with Crippen LogP contribution in [0.4, 0.5) is 0 Å². The zero-order chi connectivity index (χ0) is 11.3. The molecule has 0 aromatic carbocycles. The van der Waals surface area contributed by atoms with Gasteiger partial charge in [0.2, 0.25) is 0 Å². The van der Waals surface area contributed by atoms with Crippen molar-refractivity contribution in [1.82, 2.24) is 10.3 Å². The van der Waals surface area contributed by atoms with Crippen LogP contribution in [0.1, 0.15) is 31.5 Å². The van der Waals surface area contributed by atoms with E-state index >= 15 is 0 Å². The van der Waals surface area contributed by atoms with E-state index in [1.165, 1.54) is 0 Å². The monoisotopic (exact) mass is 228 g/mol. The van der Waals surface area contributed by atoms with Crippen LogP contribution in [0.25, 0.3) is 0 Å². The van der Waals surface area contributed by atoms with Gasteiger partial charge in [-0.1, -0.05) is 6.92 Å². The summed E-state index contributed by atoms with van der Waals surface area (Å²) in [7, 11) is 1.72. The van der Waals surface area contributed by atoms with Crippen LogP contribution in [-0.2, 0) is 16.7 Å². The number of thiazole rings is 1. The summed E-state index contributed by atoms with van der Waals surface area (Å²) in [6, 6.07) is 0. The first-order valence-corrected chi connectivity index (χ1v) is 6.17. The number of ether oxygens (including phenoxy) is 1. The van der Waals surface area contributed by atoms with Crippen LogP contribution in [0.15, 0.2) is 5.38 Å². The average Bonchev–Trinajstić information content (AvgIpc) is 2.63. The predicted octanol–water partition coefficient (Wildman–Crippen LogP) is 2.18.